The Hall–Kier alpha value is -1.67. The Morgan fingerprint density at radius 2 is 2.31 bits per heavy atom. The molecule has 0 radical (unpaired) electrons. The molecule has 5 heteroatoms. The minimum absolute atomic E-state index is 0.114. The van der Waals surface area contributed by atoms with Crippen LogP contribution in [0.5, 0.6) is 5.75 Å². The Labute approximate surface area is 98.9 Å². The van der Waals surface area contributed by atoms with Gasteiger partial charge in [0.1, 0.15) is 5.75 Å². The summed E-state index contributed by atoms with van der Waals surface area (Å²) in [4.78, 5) is 11.7. The summed E-state index contributed by atoms with van der Waals surface area (Å²) >= 11 is 4.03. The van der Waals surface area contributed by atoms with E-state index in [-0.39, 0.29) is 29.9 Å². The third kappa shape index (κ3) is 2.91. The van der Waals surface area contributed by atoms with Gasteiger partial charge in [-0.05, 0) is 19.1 Å². The Bertz CT molecular complexity index is 451. The van der Waals surface area contributed by atoms with Gasteiger partial charge in [-0.3, -0.25) is 4.79 Å². The fourth-order valence-corrected chi connectivity index (χ4v) is 1.54. The Balaban J connectivity index is 3.04. The van der Waals surface area contributed by atoms with E-state index in [4.69, 9.17) is 10.00 Å². The zero-order valence-corrected chi connectivity index (χ0v) is 9.62. The highest BCUT2D eigenvalue weighted by molar-refractivity contribution is 7.80. The van der Waals surface area contributed by atoms with Crippen molar-refractivity contribution >= 4 is 18.6 Å². The maximum absolute atomic E-state index is 11.3. The first-order valence-electron chi connectivity index (χ1n) is 4.69. The summed E-state index contributed by atoms with van der Waals surface area (Å²) in [5, 5.41) is 18.5. The lowest BCUT2D eigenvalue weighted by molar-refractivity contribution is -0.142. The topological polar surface area (TPSA) is 70.3 Å². The monoisotopic (exact) mass is 237 g/mol. The molecule has 1 rings (SSSR count). The molecule has 0 spiro atoms. The van der Waals surface area contributed by atoms with Gasteiger partial charge in [-0.2, -0.15) is 5.26 Å². The molecule has 1 aromatic rings. The first-order chi connectivity index (χ1) is 7.58. The van der Waals surface area contributed by atoms with E-state index in [0.717, 1.165) is 0 Å². The molecule has 4 nitrogen and oxygen atoms in total. The largest absolute Gasteiger partial charge is 0.508 e. The van der Waals surface area contributed by atoms with Crippen LogP contribution in [0.2, 0.25) is 0 Å². The summed E-state index contributed by atoms with van der Waals surface area (Å²) in [6.45, 7) is 1.96. The van der Waals surface area contributed by atoms with Crippen molar-refractivity contribution in [2.75, 3.05) is 6.61 Å². The molecule has 0 saturated heterocycles. The van der Waals surface area contributed by atoms with Crippen molar-refractivity contribution in [3.8, 4) is 11.8 Å². The highest BCUT2D eigenvalue weighted by atomic mass is 32.1. The molecule has 0 unspecified atom stereocenters. The SMILES string of the molecule is CCOC(=O)Cc1c(O)cc(S)cc1C#N. The molecule has 0 fully saturated rings. The van der Waals surface area contributed by atoms with E-state index in [1.54, 1.807) is 6.92 Å². The first kappa shape index (κ1) is 12.4. The molecule has 0 saturated carbocycles. The lowest BCUT2D eigenvalue weighted by atomic mass is 10.0. The third-order valence-electron chi connectivity index (χ3n) is 1.96. The number of aromatic hydroxyl groups is 1. The van der Waals surface area contributed by atoms with E-state index in [0.29, 0.717) is 4.90 Å². The molecule has 84 valence electrons. The molecule has 0 atom stereocenters. The van der Waals surface area contributed by atoms with Crippen LogP contribution in [0.4, 0.5) is 0 Å². The summed E-state index contributed by atoms with van der Waals surface area (Å²) in [5.74, 6) is -0.585. The van der Waals surface area contributed by atoms with Crippen molar-refractivity contribution in [3.05, 3.63) is 23.3 Å². The van der Waals surface area contributed by atoms with Gasteiger partial charge < -0.3 is 9.84 Å². The van der Waals surface area contributed by atoms with Gasteiger partial charge in [0.25, 0.3) is 0 Å². The van der Waals surface area contributed by atoms with Crippen LogP contribution in [0.3, 0.4) is 0 Å². The van der Waals surface area contributed by atoms with Crippen LogP contribution in [0.1, 0.15) is 18.1 Å². The number of hydrogen-bond acceptors (Lipinski definition) is 5. The van der Waals surface area contributed by atoms with Crippen molar-refractivity contribution < 1.29 is 14.6 Å². The maximum Gasteiger partial charge on any atom is 0.310 e. The summed E-state index contributed by atoms with van der Waals surface area (Å²) in [6.07, 6.45) is -0.114. The number of nitriles is 1. The molecule has 1 N–H and O–H groups in total. The normalized spacial score (nSPS) is 9.56. The Morgan fingerprint density at radius 1 is 1.62 bits per heavy atom. The van der Waals surface area contributed by atoms with Gasteiger partial charge in [0.15, 0.2) is 0 Å². The number of nitrogens with zero attached hydrogens (tertiary/aromatic N) is 1. The molecule has 0 aliphatic carbocycles. The lowest BCUT2D eigenvalue weighted by Crippen LogP contribution is -2.09. The first-order valence-corrected chi connectivity index (χ1v) is 5.13. The van der Waals surface area contributed by atoms with Crippen molar-refractivity contribution in [1.29, 1.82) is 5.26 Å². The van der Waals surface area contributed by atoms with Crippen molar-refractivity contribution in [3.63, 3.8) is 0 Å². The Morgan fingerprint density at radius 3 is 2.88 bits per heavy atom. The van der Waals surface area contributed by atoms with Crippen LogP contribution in [0.15, 0.2) is 17.0 Å². The van der Waals surface area contributed by atoms with Crippen LogP contribution in [0.25, 0.3) is 0 Å². The van der Waals surface area contributed by atoms with Crippen molar-refractivity contribution in [1.82, 2.24) is 0 Å². The number of thiol groups is 1. The number of rotatable bonds is 3. The molecule has 0 aliphatic heterocycles. The highest BCUT2D eigenvalue weighted by Crippen LogP contribution is 2.25. The van der Waals surface area contributed by atoms with Gasteiger partial charge in [-0.15, -0.1) is 12.6 Å². The zero-order chi connectivity index (χ0) is 12.1. The molecular formula is C11H11NO3S. The number of ether oxygens (including phenoxy) is 1. The van der Waals surface area contributed by atoms with E-state index in [1.165, 1.54) is 12.1 Å². The number of phenolic OH excluding ortho intramolecular Hbond substituents is 1. The predicted molar refractivity (Wildman–Crippen MR) is 60.4 cm³/mol. The van der Waals surface area contributed by atoms with Gasteiger partial charge in [-0.1, -0.05) is 0 Å². The average molecular weight is 237 g/mol. The van der Waals surface area contributed by atoms with E-state index < -0.39 is 5.97 Å². The molecule has 16 heavy (non-hydrogen) atoms. The maximum atomic E-state index is 11.3. The minimum atomic E-state index is -0.471. The second kappa shape index (κ2) is 5.42. The molecule has 0 aromatic heterocycles. The summed E-state index contributed by atoms with van der Waals surface area (Å²) < 4.78 is 4.75. The third-order valence-corrected chi connectivity index (χ3v) is 2.22. The van der Waals surface area contributed by atoms with Gasteiger partial charge in [-0.25, -0.2) is 0 Å². The summed E-state index contributed by atoms with van der Waals surface area (Å²) in [6, 6.07) is 4.79. The van der Waals surface area contributed by atoms with Crippen LogP contribution in [-0.4, -0.2) is 17.7 Å². The molecule has 0 amide bonds. The van der Waals surface area contributed by atoms with E-state index in [1.807, 2.05) is 6.07 Å². The lowest BCUT2D eigenvalue weighted by Gasteiger charge is -2.07. The summed E-state index contributed by atoms with van der Waals surface area (Å²) in [7, 11) is 0. The van der Waals surface area contributed by atoms with Gasteiger partial charge in [0.2, 0.25) is 0 Å². The second-order valence-electron chi connectivity index (χ2n) is 3.08. The summed E-state index contributed by atoms with van der Waals surface area (Å²) in [5.41, 5.74) is 0.511. The number of esters is 1. The quantitative estimate of drug-likeness (QED) is 0.619. The smallest absolute Gasteiger partial charge is 0.310 e. The van der Waals surface area contributed by atoms with Crippen molar-refractivity contribution in [2.24, 2.45) is 0 Å². The van der Waals surface area contributed by atoms with E-state index >= 15 is 0 Å². The number of carbonyl (C=O) groups excluding carboxylic acids is 1. The van der Waals surface area contributed by atoms with Crippen LogP contribution in [-0.2, 0) is 16.0 Å². The number of benzene rings is 1. The molecule has 0 heterocycles. The van der Waals surface area contributed by atoms with Crippen LogP contribution < -0.4 is 0 Å². The molecule has 1 aromatic carbocycles. The van der Waals surface area contributed by atoms with E-state index in [9.17, 15) is 9.90 Å². The minimum Gasteiger partial charge on any atom is -0.508 e. The number of phenols is 1. The Kier molecular flexibility index (Phi) is 4.20. The van der Waals surface area contributed by atoms with Gasteiger partial charge in [0.05, 0.1) is 24.7 Å². The number of carbonyl (C=O) groups is 1. The fourth-order valence-electron chi connectivity index (χ4n) is 1.28. The highest BCUT2D eigenvalue weighted by Gasteiger charge is 2.14. The fraction of sp³-hybridized carbons (Fsp3) is 0.273. The second-order valence-corrected chi connectivity index (χ2v) is 3.60. The van der Waals surface area contributed by atoms with E-state index in [2.05, 4.69) is 12.6 Å². The predicted octanol–water partition coefficient (Wildman–Crippen LogP) is 1.66. The van der Waals surface area contributed by atoms with Crippen LogP contribution in [0, 0.1) is 11.3 Å². The average Bonchev–Trinajstić information content (AvgIpc) is 2.22. The van der Waals surface area contributed by atoms with Crippen molar-refractivity contribution in [2.45, 2.75) is 18.2 Å². The number of hydrogen-bond donors (Lipinski definition) is 2. The molecule has 0 bridgehead atoms. The molecule has 0 aliphatic rings. The standard InChI is InChI=1S/C11H11NO3S/c1-2-15-11(14)5-9-7(6-12)3-8(16)4-10(9)13/h3-4,13,16H,2,5H2,1H3. The van der Waals surface area contributed by atoms with Gasteiger partial charge >= 0.3 is 5.97 Å². The van der Waals surface area contributed by atoms with Crippen LogP contribution >= 0.6 is 12.6 Å². The zero-order valence-electron chi connectivity index (χ0n) is 8.73. The van der Waals surface area contributed by atoms with Gasteiger partial charge in [0, 0.05) is 10.5 Å². The molecular weight excluding hydrogens is 226 g/mol.